The Balaban J connectivity index is 2.73. The van der Waals surface area contributed by atoms with Crippen LogP contribution in [0.5, 0.6) is 0 Å². The number of carbonyl (C=O) groups is 1. The molecule has 0 saturated carbocycles. The van der Waals surface area contributed by atoms with Crippen molar-refractivity contribution in [1.82, 2.24) is 5.32 Å². The first kappa shape index (κ1) is 14.4. The summed E-state index contributed by atoms with van der Waals surface area (Å²) in [6.45, 7) is 5.90. The van der Waals surface area contributed by atoms with Crippen LogP contribution in [-0.2, 0) is 11.2 Å². The monoisotopic (exact) mass is 312 g/mol. The Morgan fingerprint density at radius 3 is 2.78 bits per heavy atom. The third kappa shape index (κ3) is 4.29. The van der Waals surface area contributed by atoms with Crippen LogP contribution >= 0.6 is 15.9 Å². The highest BCUT2D eigenvalue weighted by atomic mass is 79.9. The summed E-state index contributed by atoms with van der Waals surface area (Å²) in [7, 11) is 0. The normalized spacial score (nSPS) is 9.89. The third-order valence-electron chi connectivity index (χ3n) is 2.16. The first-order valence-electron chi connectivity index (χ1n) is 5.24. The lowest BCUT2D eigenvalue weighted by Gasteiger charge is -2.05. The minimum Gasteiger partial charge on any atom is -0.352 e. The van der Waals surface area contributed by atoms with E-state index in [1.165, 1.54) is 6.07 Å². The molecular formula is C12H13BrN2O3. The van der Waals surface area contributed by atoms with Gasteiger partial charge in [-0.05, 0) is 34.5 Å². The van der Waals surface area contributed by atoms with Gasteiger partial charge in [-0.25, -0.2) is 0 Å². The van der Waals surface area contributed by atoms with Gasteiger partial charge in [0.05, 0.1) is 15.8 Å². The Kier molecular flexibility index (Phi) is 5.03. The van der Waals surface area contributed by atoms with Crippen LogP contribution in [0.1, 0.15) is 12.5 Å². The van der Waals surface area contributed by atoms with Gasteiger partial charge in [-0.15, -0.1) is 0 Å². The Morgan fingerprint density at radius 2 is 2.22 bits per heavy atom. The van der Waals surface area contributed by atoms with Crippen LogP contribution in [0.15, 0.2) is 34.8 Å². The number of rotatable bonds is 5. The molecule has 0 spiro atoms. The number of nitro groups is 1. The van der Waals surface area contributed by atoms with Gasteiger partial charge >= 0.3 is 0 Å². The van der Waals surface area contributed by atoms with Crippen LogP contribution in [0.3, 0.4) is 0 Å². The third-order valence-corrected chi connectivity index (χ3v) is 2.83. The number of benzene rings is 1. The number of carbonyl (C=O) groups excluding carboxylic acids is 1. The molecule has 0 heterocycles. The lowest BCUT2D eigenvalue weighted by atomic mass is 10.1. The van der Waals surface area contributed by atoms with Crippen molar-refractivity contribution in [2.75, 3.05) is 6.54 Å². The lowest BCUT2D eigenvalue weighted by molar-refractivity contribution is -0.385. The summed E-state index contributed by atoms with van der Waals surface area (Å²) in [5, 5.41) is 13.4. The molecule has 0 unspecified atom stereocenters. The number of hydrogen-bond acceptors (Lipinski definition) is 3. The first-order chi connectivity index (χ1) is 8.40. The first-order valence-corrected chi connectivity index (χ1v) is 6.03. The topological polar surface area (TPSA) is 72.2 Å². The summed E-state index contributed by atoms with van der Waals surface area (Å²) in [5.74, 6) is -0.186. The molecule has 0 saturated heterocycles. The van der Waals surface area contributed by atoms with Crippen LogP contribution in [0.2, 0.25) is 0 Å². The largest absolute Gasteiger partial charge is 0.352 e. The molecule has 1 N–H and O–H groups in total. The van der Waals surface area contributed by atoms with Gasteiger partial charge in [-0.2, -0.15) is 0 Å². The summed E-state index contributed by atoms with van der Waals surface area (Å²) in [5.41, 5.74) is 1.41. The highest BCUT2D eigenvalue weighted by molar-refractivity contribution is 9.10. The zero-order chi connectivity index (χ0) is 13.7. The second-order valence-corrected chi connectivity index (χ2v) is 4.81. The molecule has 0 bridgehead atoms. The maximum Gasteiger partial charge on any atom is 0.283 e. The van der Waals surface area contributed by atoms with Crippen molar-refractivity contribution in [2.45, 2.75) is 13.3 Å². The summed E-state index contributed by atoms with van der Waals surface area (Å²) >= 11 is 3.09. The molecule has 18 heavy (non-hydrogen) atoms. The fraction of sp³-hybridized carbons (Fsp3) is 0.250. The molecular weight excluding hydrogens is 300 g/mol. The summed E-state index contributed by atoms with van der Waals surface area (Å²) in [6.07, 6.45) is 0.112. The van der Waals surface area contributed by atoms with Gasteiger partial charge in [-0.3, -0.25) is 14.9 Å². The van der Waals surface area contributed by atoms with E-state index < -0.39 is 4.92 Å². The number of amides is 1. The van der Waals surface area contributed by atoms with E-state index in [-0.39, 0.29) is 18.0 Å². The van der Waals surface area contributed by atoms with E-state index >= 15 is 0 Å². The van der Waals surface area contributed by atoms with Gasteiger partial charge in [-0.1, -0.05) is 18.2 Å². The molecule has 5 nitrogen and oxygen atoms in total. The van der Waals surface area contributed by atoms with E-state index in [0.717, 1.165) is 5.57 Å². The van der Waals surface area contributed by atoms with E-state index in [1.807, 2.05) is 6.92 Å². The van der Waals surface area contributed by atoms with Crippen LogP contribution in [0.4, 0.5) is 5.69 Å². The standard InChI is InChI=1S/C12H13BrN2O3/c1-8(2)7-14-12(16)6-9-3-4-10(13)11(5-9)15(17)18/h3-5H,1,6-7H2,2H3,(H,14,16). The van der Waals surface area contributed by atoms with Gasteiger partial charge < -0.3 is 5.32 Å². The minimum atomic E-state index is -0.487. The second kappa shape index (κ2) is 6.30. The van der Waals surface area contributed by atoms with Gasteiger partial charge in [0.1, 0.15) is 0 Å². The van der Waals surface area contributed by atoms with Crippen molar-refractivity contribution in [3.8, 4) is 0 Å². The van der Waals surface area contributed by atoms with Crippen LogP contribution in [-0.4, -0.2) is 17.4 Å². The van der Waals surface area contributed by atoms with Crippen molar-refractivity contribution < 1.29 is 9.72 Å². The smallest absolute Gasteiger partial charge is 0.283 e. The van der Waals surface area contributed by atoms with Crippen LogP contribution in [0, 0.1) is 10.1 Å². The average molecular weight is 313 g/mol. The summed E-state index contributed by atoms with van der Waals surface area (Å²) in [6, 6.07) is 4.64. The molecule has 0 aliphatic heterocycles. The van der Waals surface area contributed by atoms with Crippen LogP contribution < -0.4 is 5.32 Å². The molecule has 0 atom stereocenters. The average Bonchev–Trinajstić information content (AvgIpc) is 2.28. The number of halogens is 1. The van der Waals surface area contributed by atoms with Gasteiger partial charge in [0.15, 0.2) is 0 Å². The zero-order valence-electron chi connectivity index (χ0n) is 9.90. The minimum absolute atomic E-state index is 0.0415. The van der Waals surface area contributed by atoms with Crippen LogP contribution in [0.25, 0.3) is 0 Å². The highest BCUT2D eigenvalue weighted by Crippen LogP contribution is 2.25. The number of nitrogens with zero attached hydrogens (tertiary/aromatic N) is 1. The fourth-order valence-electron chi connectivity index (χ4n) is 1.31. The van der Waals surface area contributed by atoms with Gasteiger partial charge in [0, 0.05) is 12.6 Å². The van der Waals surface area contributed by atoms with Gasteiger partial charge in [0.2, 0.25) is 5.91 Å². The molecule has 0 aliphatic rings. The maximum atomic E-state index is 11.5. The van der Waals surface area contributed by atoms with Crippen molar-refractivity contribution in [1.29, 1.82) is 0 Å². The molecule has 0 aromatic heterocycles. The van der Waals surface area contributed by atoms with E-state index in [0.29, 0.717) is 16.6 Å². The predicted octanol–water partition coefficient (Wildman–Crippen LogP) is 2.59. The molecule has 0 aliphatic carbocycles. The Labute approximate surface area is 113 Å². The molecule has 1 aromatic rings. The van der Waals surface area contributed by atoms with E-state index in [4.69, 9.17) is 0 Å². The van der Waals surface area contributed by atoms with Gasteiger partial charge in [0.25, 0.3) is 5.69 Å². The van der Waals surface area contributed by atoms with E-state index in [1.54, 1.807) is 12.1 Å². The molecule has 6 heteroatoms. The SMILES string of the molecule is C=C(C)CNC(=O)Cc1ccc(Br)c([N+](=O)[O-])c1. The molecule has 1 amide bonds. The Bertz CT molecular complexity index is 500. The number of nitro benzene ring substituents is 1. The summed E-state index contributed by atoms with van der Waals surface area (Å²) in [4.78, 5) is 21.8. The quantitative estimate of drug-likeness (QED) is 0.516. The number of nitrogens with one attached hydrogen (secondary N) is 1. The van der Waals surface area contributed by atoms with Crippen molar-refractivity contribution in [3.05, 3.63) is 50.5 Å². The molecule has 0 fully saturated rings. The summed E-state index contributed by atoms with van der Waals surface area (Å²) < 4.78 is 0.401. The van der Waals surface area contributed by atoms with Crippen molar-refractivity contribution >= 4 is 27.5 Å². The lowest BCUT2D eigenvalue weighted by Crippen LogP contribution is -2.26. The number of hydrogen-bond donors (Lipinski definition) is 1. The molecule has 1 rings (SSSR count). The zero-order valence-corrected chi connectivity index (χ0v) is 11.5. The molecule has 96 valence electrons. The van der Waals surface area contributed by atoms with Crippen molar-refractivity contribution in [2.24, 2.45) is 0 Å². The predicted molar refractivity (Wildman–Crippen MR) is 72.3 cm³/mol. The highest BCUT2D eigenvalue weighted by Gasteiger charge is 2.13. The molecule has 1 aromatic carbocycles. The molecule has 0 radical (unpaired) electrons. The van der Waals surface area contributed by atoms with E-state index in [2.05, 4.69) is 27.8 Å². The second-order valence-electron chi connectivity index (χ2n) is 3.95. The maximum absolute atomic E-state index is 11.5. The van der Waals surface area contributed by atoms with Crippen molar-refractivity contribution in [3.63, 3.8) is 0 Å². The fourth-order valence-corrected chi connectivity index (χ4v) is 1.70. The Morgan fingerprint density at radius 1 is 1.56 bits per heavy atom. The Hall–Kier alpha value is -1.69. The van der Waals surface area contributed by atoms with E-state index in [9.17, 15) is 14.9 Å².